The molecule has 2 aromatic rings. The highest BCUT2D eigenvalue weighted by atomic mass is 16.5. The van der Waals surface area contributed by atoms with E-state index in [0.29, 0.717) is 31.6 Å². The molecule has 3 amide bonds. The number of benzene rings is 1. The van der Waals surface area contributed by atoms with Crippen molar-refractivity contribution >= 4 is 34.5 Å². The number of hydrogen-bond donors (Lipinski definition) is 3. The van der Waals surface area contributed by atoms with Gasteiger partial charge in [-0.1, -0.05) is 0 Å². The Morgan fingerprint density at radius 2 is 2.16 bits per heavy atom. The SMILES string of the molecule is CO[C@@H]1CN(C(=O)O)CC[C@H]1Nc1ccc2c(C3(C)CCC(=O)NC3=O)nn(C)c2c1. The van der Waals surface area contributed by atoms with Gasteiger partial charge in [0.1, 0.15) is 0 Å². The number of anilines is 1. The summed E-state index contributed by atoms with van der Waals surface area (Å²) in [5.41, 5.74) is 1.52. The maximum atomic E-state index is 12.6. The molecule has 1 unspecified atom stereocenters. The topological polar surface area (TPSA) is 126 Å². The highest BCUT2D eigenvalue weighted by Gasteiger charge is 2.43. The molecule has 3 atom stereocenters. The summed E-state index contributed by atoms with van der Waals surface area (Å²) in [6, 6.07) is 5.80. The molecule has 3 N–H and O–H groups in total. The first kappa shape index (κ1) is 21.1. The van der Waals surface area contributed by atoms with Crippen molar-refractivity contribution in [2.45, 2.75) is 43.7 Å². The Morgan fingerprint density at radius 1 is 1.39 bits per heavy atom. The van der Waals surface area contributed by atoms with Crippen molar-refractivity contribution in [3.05, 3.63) is 23.9 Å². The van der Waals surface area contributed by atoms with Gasteiger partial charge in [-0.25, -0.2) is 4.79 Å². The number of nitrogens with zero attached hydrogens (tertiary/aromatic N) is 3. The lowest BCUT2D eigenvalue weighted by molar-refractivity contribution is -0.137. The summed E-state index contributed by atoms with van der Waals surface area (Å²) in [4.78, 5) is 36.8. The Balaban J connectivity index is 1.60. The molecule has 0 saturated carbocycles. The molecule has 4 rings (SSSR count). The molecule has 0 bridgehead atoms. The van der Waals surface area contributed by atoms with E-state index >= 15 is 0 Å². The first-order chi connectivity index (χ1) is 14.7. The second-order valence-corrected chi connectivity index (χ2v) is 8.46. The summed E-state index contributed by atoms with van der Waals surface area (Å²) in [5, 5.41) is 20.6. The first-order valence-corrected chi connectivity index (χ1v) is 10.3. The monoisotopic (exact) mass is 429 g/mol. The number of nitrogens with one attached hydrogen (secondary N) is 2. The number of piperidine rings is 2. The zero-order valence-electron chi connectivity index (χ0n) is 17.8. The van der Waals surface area contributed by atoms with E-state index in [0.717, 1.165) is 16.6 Å². The van der Waals surface area contributed by atoms with Crippen molar-refractivity contribution in [2.24, 2.45) is 7.05 Å². The number of carbonyl (C=O) groups is 3. The van der Waals surface area contributed by atoms with Crippen LogP contribution in [0.25, 0.3) is 10.9 Å². The Labute approximate surface area is 179 Å². The minimum absolute atomic E-state index is 0.0293. The number of methoxy groups -OCH3 is 1. The lowest BCUT2D eigenvalue weighted by Gasteiger charge is -2.37. The Kier molecular flexibility index (Phi) is 5.34. The van der Waals surface area contributed by atoms with E-state index in [1.54, 1.807) is 11.8 Å². The van der Waals surface area contributed by atoms with E-state index in [1.165, 1.54) is 4.90 Å². The molecule has 2 saturated heterocycles. The van der Waals surface area contributed by atoms with Crippen LogP contribution in [0.2, 0.25) is 0 Å². The second kappa shape index (κ2) is 7.84. The summed E-state index contributed by atoms with van der Waals surface area (Å²) >= 11 is 0. The first-order valence-electron chi connectivity index (χ1n) is 10.3. The van der Waals surface area contributed by atoms with Crippen molar-refractivity contribution in [1.29, 1.82) is 0 Å². The van der Waals surface area contributed by atoms with E-state index in [2.05, 4.69) is 15.7 Å². The maximum absolute atomic E-state index is 12.6. The molecule has 10 heteroatoms. The van der Waals surface area contributed by atoms with Crippen LogP contribution in [0, 0.1) is 0 Å². The quantitative estimate of drug-likeness (QED) is 0.628. The Morgan fingerprint density at radius 3 is 2.84 bits per heavy atom. The molecule has 3 heterocycles. The van der Waals surface area contributed by atoms with Crippen LogP contribution in [0.4, 0.5) is 10.5 Å². The summed E-state index contributed by atoms with van der Waals surface area (Å²) in [6.07, 6.45) is 0.136. The predicted molar refractivity (Wildman–Crippen MR) is 113 cm³/mol. The second-order valence-electron chi connectivity index (χ2n) is 8.46. The van der Waals surface area contributed by atoms with Gasteiger partial charge in [-0.3, -0.25) is 19.6 Å². The van der Waals surface area contributed by atoms with E-state index < -0.39 is 11.5 Å². The van der Waals surface area contributed by atoms with E-state index in [-0.39, 0.29) is 30.4 Å². The molecule has 0 radical (unpaired) electrons. The van der Waals surface area contributed by atoms with Gasteiger partial charge in [0.15, 0.2) is 0 Å². The van der Waals surface area contributed by atoms with Crippen LogP contribution in [0.3, 0.4) is 0 Å². The Hall–Kier alpha value is -3.14. The van der Waals surface area contributed by atoms with E-state index in [9.17, 15) is 19.5 Å². The van der Waals surface area contributed by atoms with Crippen LogP contribution < -0.4 is 10.6 Å². The largest absolute Gasteiger partial charge is 0.465 e. The zero-order valence-corrected chi connectivity index (χ0v) is 17.8. The maximum Gasteiger partial charge on any atom is 0.407 e. The molecule has 0 aliphatic carbocycles. The number of aryl methyl sites for hydroxylation is 1. The highest BCUT2D eigenvalue weighted by Crippen LogP contribution is 2.36. The van der Waals surface area contributed by atoms with Crippen molar-refractivity contribution in [2.75, 3.05) is 25.5 Å². The van der Waals surface area contributed by atoms with Gasteiger partial charge in [-0.15, -0.1) is 0 Å². The van der Waals surface area contributed by atoms with Gasteiger partial charge < -0.3 is 20.1 Å². The van der Waals surface area contributed by atoms with Crippen molar-refractivity contribution in [1.82, 2.24) is 20.0 Å². The number of aromatic nitrogens is 2. The molecule has 1 aromatic carbocycles. The fourth-order valence-electron chi connectivity index (χ4n) is 4.49. The van der Waals surface area contributed by atoms with Crippen molar-refractivity contribution in [3.8, 4) is 0 Å². The molecule has 166 valence electrons. The van der Waals surface area contributed by atoms with E-state index in [4.69, 9.17) is 4.74 Å². The highest BCUT2D eigenvalue weighted by molar-refractivity contribution is 6.05. The van der Waals surface area contributed by atoms with Crippen LogP contribution in [0.15, 0.2) is 18.2 Å². The number of carboxylic acid groups (broad SMARTS) is 1. The molecule has 2 fully saturated rings. The van der Waals surface area contributed by atoms with Gasteiger partial charge in [-0.2, -0.15) is 5.10 Å². The molecule has 2 aliphatic heterocycles. The van der Waals surface area contributed by atoms with Crippen LogP contribution >= 0.6 is 0 Å². The van der Waals surface area contributed by atoms with Gasteiger partial charge >= 0.3 is 6.09 Å². The fraction of sp³-hybridized carbons (Fsp3) is 0.524. The van der Waals surface area contributed by atoms with Crippen LogP contribution in [0.1, 0.15) is 31.9 Å². The van der Waals surface area contributed by atoms with Crippen LogP contribution in [0.5, 0.6) is 0 Å². The predicted octanol–water partition coefficient (Wildman–Crippen LogP) is 1.45. The number of hydrogen-bond acceptors (Lipinski definition) is 6. The van der Waals surface area contributed by atoms with Gasteiger partial charge in [0, 0.05) is 38.2 Å². The minimum Gasteiger partial charge on any atom is -0.465 e. The number of amides is 3. The van der Waals surface area contributed by atoms with E-state index in [1.807, 2.05) is 32.2 Å². The average Bonchev–Trinajstić information content (AvgIpc) is 3.08. The summed E-state index contributed by atoms with van der Waals surface area (Å²) in [7, 11) is 3.41. The molecule has 10 nitrogen and oxygen atoms in total. The third-order valence-corrected chi connectivity index (χ3v) is 6.46. The number of rotatable bonds is 4. The zero-order chi connectivity index (χ0) is 22.3. The Bertz CT molecular complexity index is 1050. The van der Waals surface area contributed by atoms with Crippen molar-refractivity contribution in [3.63, 3.8) is 0 Å². The molecule has 1 aromatic heterocycles. The van der Waals surface area contributed by atoms with Crippen LogP contribution in [-0.2, 0) is 26.8 Å². The molecule has 2 aliphatic rings. The van der Waals surface area contributed by atoms with Gasteiger partial charge in [-0.05, 0) is 38.0 Å². The summed E-state index contributed by atoms with van der Waals surface area (Å²) in [6.45, 7) is 2.58. The minimum atomic E-state index is -0.939. The normalized spacial score (nSPS) is 26.7. The summed E-state index contributed by atoms with van der Waals surface area (Å²) in [5.74, 6) is -0.574. The molecular weight excluding hydrogens is 402 g/mol. The van der Waals surface area contributed by atoms with Crippen molar-refractivity contribution < 1.29 is 24.2 Å². The van der Waals surface area contributed by atoms with Gasteiger partial charge in [0.2, 0.25) is 11.8 Å². The van der Waals surface area contributed by atoms with Gasteiger partial charge in [0.25, 0.3) is 0 Å². The number of likely N-dealkylation sites (tertiary alicyclic amines) is 1. The number of ether oxygens (including phenoxy) is 1. The van der Waals surface area contributed by atoms with Crippen LogP contribution in [-0.4, -0.2) is 70.0 Å². The fourth-order valence-corrected chi connectivity index (χ4v) is 4.49. The van der Waals surface area contributed by atoms with Gasteiger partial charge in [0.05, 0.1) is 35.3 Å². The molecular formula is C21H27N5O5. The standard InChI is InChI=1S/C21H27N5O5/c1-21(8-6-17(27)23-19(21)28)18-13-5-4-12(10-15(13)25(2)24-18)22-14-7-9-26(20(29)30)11-16(14)31-3/h4-5,10,14,16,22H,6-9,11H2,1-3H3,(H,29,30)(H,23,27,28)/t14-,16-,21?/m1/s1. The summed E-state index contributed by atoms with van der Waals surface area (Å²) < 4.78 is 7.27. The average molecular weight is 429 g/mol. The third-order valence-electron chi connectivity index (χ3n) is 6.46. The lowest BCUT2D eigenvalue weighted by Crippen LogP contribution is -2.52. The molecule has 0 spiro atoms. The number of carbonyl (C=O) groups excluding carboxylic acids is 2. The number of imide groups is 1. The smallest absolute Gasteiger partial charge is 0.407 e. The lowest BCUT2D eigenvalue weighted by atomic mass is 9.77. The molecule has 31 heavy (non-hydrogen) atoms. The number of fused-ring (bicyclic) bond motifs is 1. The third kappa shape index (κ3) is 3.71.